The molecule has 6 nitrogen and oxygen atoms in total. The molecule has 0 aliphatic carbocycles. The molecule has 0 aliphatic heterocycles. The molecular formula is C76H58N4O2S. The van der Waals surface area contributed by atoms with Crippen LogP contribution < -0.4 is 9.80 Å². The maximum Gasteiger partial charge on any atom is 0.207 e. The number of fused-ring (bicyclic) bond motifs is 6. The van der Waals surface area contributed by atoms with Gasteiger partial charge in [0.2, 0.25) is 9.84 Å². The van der Waals surface area contributed by atoms with Crippen LogP contribution in [0.1, 0.15) is 22.3 Å². The van der Waals surface area contributed by atoms with Gasteiger partial charge in [0.05, 0.1) is 31.9 Å². The minimum absolute atomic E-state index is 0.323. The van der Waals surface area contributed by atoms with Crippen molar-refractivity contribution in [1.82, 2.24) is 9.13 Å². The van der Waals surface area contributed by atoms with Gasteiger partial charge in [0.25, 0.3) is 0 Å². The van der Waals surface area contributed by atoms with Crippen molar-refractivity contribution in [1.29, 1.82) is 0 Å². The highest BCUT2D eigenvalue weighted by Crippen LogP contribution is 2.43. The predicted molar refractivity (Wildman–Crippen MR) is 346 cm³/mol. The number of rotatable bonds is 12. The van der Waals surface area contributed by atoms with E-state index in [4.69, 9.17) is 0 Å². The SMILES string of the molecule is Cc1cc(S(=O)(=O)c2cc(C)c(-c3ccc(-n4c5ccccc5c5cc(N(c6ccccc6)c6ccccc6)ccc54)cc3)cc2C)c(C)cc1-c1ccc(-n2c3ccccc3c3cc(N(c4ccccc4)c4ccccc4)ccc32)cc1. The smallest absolute Gasteiger partial charge is 0.207 e. The molecule has 0 N–H and O–H groups in total. The third-order valence-corrected chi connectivity index (χ3v) is 18.4. The van der Waals surface area contributed by atoms with E-state index in [-0.39, 0.29) is 0 Å². The van der Waals surface area contributed by atoms with E-state index in [2.05, 4.69) is 249 Å². The summed E-state index contributed by atoms with van der Waals surface area (Å²) >= 11 is 0. The van der Waals surface area contributed by atoms with E-state index in [1.54, 1.807) is 0 Å². The average molecular weight is 1090 g/mol. The van der Waals surface area contributed by atoms with Crippen LogP contribution in [0, 0.1) is 27.7 Å². The Labute approximate surface area is 484 Å². The quantitative estimate of drug-likeness (QED) is 0.122. The minimum Gasteiger partial charge on any atom is -0.310 e. The molecule has 7 heteroatoms. The number of anilines is 6. The first-order chi connectivity index (χ1) is 40.6. The Hall–Kier alpha value is -10.2. The fourth-order valence-electron chi connectivity index (χ4n) is 12.4. The number of nitrogens with zero attached hydrogens (tertiary/aromatic N) is 4. The Morgan fingerprint density at radius 3 is 0.940 bits per heavy atom. The maximum atomic E-state index is 14.9. The summed E-state index contributed by atoms with van der Waals surface area (Å²) in [4.78, 5) is 5.25. The lowest BCUT2D eigenvalue weighted by Gasteiger charge is -2.25. The Kier molecular flexibility index (Phi) is 12.7. The first-order valence-corrected chi connectivity index (χ1v) is 29.6. The molecule has 0 aliphatic rings. The van der Waals surface area contributed by atoms with E-state index in [1.807, 2.05) is 76.2 Å². The van der Waals surface area contributed by atoms with Crippen molar-refractivity contribution >= 4 is 87.6 Å². The number of sulfone groups is 1. The van der Waals surface area contributed by atoms with Crippen LogP contribution in [0.2, 0.25) is 0 Å². The topological polar surface area (TPSA) is 50.5 Å². The molecular weight excluding hydrogens is 1030 g/mol. The zero-order chi connectivity index (χ0) is 56.3. The largest absolute Gasteiger partial charge is 0.310 e. The Balaban J connectivity index is 0.743. The van der Waals surface area contributed by atoms with Gasteiger partial charge in [-0.25, -0.2) is 8.42 Å². The molecule has 83 heavy (non-hydrogen) atoms. The second-order valence-corrected chi connectivity index (χ2v) is 23.5. The fourth-order valence-corrected chi connectivity index (χ4v) is 14.3. The van der Waals surface area contributed by atoms with Crippen LogP contribution in [0.15, 0.2) is 289 Å². The van der Waals surface area contributed by atoms with E-state index in [9.17, 15) is 8.42 Å². The van der Waals surface area contributed by atoms with Crippen molar-refractivity contribution in [2.24, 2.45) is 0 Å². The second-order valence-electron chi connectivity index (χ2n) is 21.6. The Morgan fingerprint density at radius 1 is 0.277 bits per heavy atom. The summed E-state index contributed by atoms with van der Waals surface area (Å²) < 4.78 is 34.4. The van der Waals surface area contributed by atoms with Gasteiger partial charge in [-0.1, -0.05) is 133 Å². The Bertz CT molecular complexity index is 4500. The lowest BCUT2D eigenvalue weighted by atomic mass is 9.98. The molecule has 0 spiro atoms. The average Bonchev–Trinajstić information content (AvgIpc) is 4.27. The van der Waals surface area contributed by atoms with Gasteiger partial charge in [0.15, 0.2) is 0 Å². The van der Waals surface area contributed by atoms with E-state index in [0.717, 1.165) is 101 Å². The van der Waals surface area contributed by atoms with Gasteiger partial charge in [-0.05, 0) is 218 Å². The molecule has 12 aromatic carbocycles. The van der Waals surface area contributed by atoms with Gasteiger partial charge >= 0.3 is 0 Å². The highest BCUT2D eigenvalue weighted by Gasteiger charge is 2.26. The van der Waals surface area contributed by atoms with Crippen molar-refractivity contribution in [2.75, 3.05) is 9.80 Å². The third-order valence-electron chi connectivity index (χ3n) is 16.4. The molecule has 0 radical (unpaired) electrons. The summed E-state index contributed by atoms with van der Waals surface area (Å²) in [5, 5.41) is 4.68. The second kappa shape index (κ2) is 20.7. The normalized spacial score (nSPS) is 11.7. The van der Waals surface area contributed by atoms with Crippen molar-refractivity contribution < 1.29 is 8.42 Å². The van der Waals surface area contributed by atoms with Crippen LogP contribution in [0.25, 0.3) is 77.2 Å². The van der Waals surface area contributed by atoms with E-state index >= 15 is 0 Å². The van der Waals surface area contributed by atoms with Crippen LogP contribution >= 0.6 is 0 Å². The van der Waals surface area contributed by atoms with Gasteiger partial charge < -0.3 is 18.9 Å². The zero-order valence-electron chi connectivity index (χ0n) is 46.6. The lowest BCUT2D eigenvalue weighted by Crippen LogP contribution is -2.09. The molecule has 0 atom stereocenters. The van der Waals surface area contributed by atoms with Gasteiger partial charge in [-0.3, -0.25) is 0 Å². The molecule has 2 aromatic heterocycles. The molecule has 0 amide bonds. The number of aryl methyl sites for hydroxylation is 4. The standard InChI is InChI=1S/C76H58N4O2S/c1-51-47-75(53(3)45-67(51)55-33-37-61(38-34-55)79-71-31-19-17-29-65(71)69-49-63(41-43-73(69)79)77(57-21-9-5-10-22-57)58-23-11-6-12-24-58)83(81,82)76-48-52(2)68(46-54(76)4)56-35-39-62(40-36-56)80-72-32-20-18-30-66(72)70-50-64(42-44-74(70)80)78(59-25-13-7-14-26-59)60-27-15-8-16-28-60/h5-50H,1-4H3. The van der Waals surface area contributed by atoms with E-state index < -0.39 is 9.84 Å². The molecule has 14 rings (SSSR count). The molecule has 0 saturated heterocycles. The summed E-state index contributed by atoms with van der Waals surface area (Å²) in [7, 11) is -3.89. The highest BCUT2D eigenvalue weighted by atomic mass is 32.2. The van der Waals surface area contributed by atoms with Crippen LogP contribution in [0.4, 0.5) is 34.1 Å². The number of hydrogen-bond acceptors (Lipinski definition) is 4. The van der Waals surface area contributed by atoms with Crippen LogP contribution in [-0.2, 0) is 9.84 Å². The van der Waals surface area contributed by atoms with Crippen LogP contribution in [0.3, 0.4) is 0 Å². The predicted octanol–water partition coefficient (Wildman–Crippen LogP) is 20.2. The summed E-state index contributed by atoms with van der Waals surface area (Å²) in [6.45, 7) is 7.83. The molecule has 0 unspecified atom stereocenters. The molecule has 0 bridgehead atoms. The van der Waals surface area contributed by atoms with Gasteiger partial charge in [0.1, 0.15) is 0 Å². The number of aromatic nitrogens is 2. The Morgan fingerprint density at radius 2 is 0.590 bits per heavy atom. The van der Waals surface area contributed by atoms with Crippen molar-refractivity contribution in [3.05, 3.63) is 301 Å². The number of benzene rings is 12. The number of para-hydroxylation sites is 6. The summed E-state index contributed by atoms with van der Waals surface area (Å²) in [5.74, 6) is 0. The van der Waals surface area contributed by atoms with Crippen LogP contribution in [0.5, 0.6) is 0 Å². The van der Waals surface area contributed by atoms with Gasteiger partial charge in [-0.2, -0.15) is 0 Å². The lowest BCUT2D eigenvalue weighted by molar-refractivity contribution is 0.594. The van der Waals surface area contributed by atoms with Crippen molar-refractivity contribution in [3.63, 3.8) is 0 Å². The first-order valence-electron chi connectivity index (χ1n) is 28.2. The minimum atomic E-state index is -3.89. The molecule has 0 fully saturated rings. The molecule has 14 aromatic rings. The zero-order valence-corrected chi connectivity index (χ0v) is 47.4. The molecule has 400 valence electrons. The van der Waals surface area contributed by atoms with Gasteiger partial charge in [0, 0.05) is 67.0 Å². The third kappa shape index (κ3) is 8.94. The van der Waals surface area contributed by atoms with Crippen molar-refractivity contribution in [2.45, 2.75) is 37.5 Å². The molecule has 0 saturated carbocycles. The molecule has 2 heterocycles. The first kappa shape index (κ1) is 51.0. The summed E-state index contributed by atoms with van der Waals surface area (Å²) in [6, 6.07) is 97.7. The van der Waals surface area contributed by atoms with Crippen molar-refractivity contribution in [3.8, 4) is 33.6 Å². The maximum absolute atomic E-state index is 14.9. The van der Waals surface area contributed by atoms with Crippen LogP contribution in [-0.4, -0.2) is 17.6 Å². The van der Waals surface area contributed by atoms with Gasteiger partial charge in [-0.15, -0.1) is 0 Å². The summed E-state index contributed by atoms with van der Waals surface area (Å²) in [5.41, 5.74) is 20.3. The summed E-state index contributed by atoms with van der Waals surface area (Å²) in [6.07, 6.45) is 0. The fraction of sp³-hybridized carbons (Fsp3) is 0.0526. The highest BCUT2D eigenvalue weighted by molar-refractivity contribution is 7.91. The van der Waals surface area contributed by atoms with E-state index in [0.29, 0.717) is 20.9 Å². The monoisotopic (exact) mass is 1090 g/mol. The number of hydrogen-bond donors (Lipinski definition) is 0. The van der Waals surface area contributed by atoms with E-state index in [1.165, 1.54) is 21.5 Å².